The topological polar surface area (TPSA) is 67.9 Å². The first kappa shape index (κ1) is 17.7. The van der Waals surface area contributed by atoms with E-state index in [0.717, 1.165) is 12.0 Å². The zero-order chi connectivity index (χ0) is 18.8. The Bertz CT molecular complexity index is 900. The molecule has 0 bridgehead atoms. The van der Waals surface area contributed by atoms with E-state index in [0.29, 0.717) is 60.5 Å². The molecule has 2 aliphatic heterocycles. The highest BCUT2D eigenvalue weighted by molar-refractivity contribution is 6.31. The molecular weight excluding hydrogens is 368 g/mol. The summed E-state index contributed by atoms with van der Waals surface area (Å²) in [6.07, 6.45) is 1.27. The van der Waals surface area contributed by atoms with Gasteiger partial charge in [0.1, 0.15) is 13.2 Å². The summed E-state index contributed by atoms with van der Waals surface area (Å²) in [6, 6.07) is 10.6. The molecule has 27 heavy (non-hydrogen) atoms. The van der Waals surface area contributed by atoms with Crippen LogP contribution in [0.3, 0.4) is 0 Å². The molecular formula is C20H19ClN2O4. The predicted octanol–water partition coefficient (Wildman–Crippen LogP) is 3.17. The van der Waals surface area contributed by atoms with Gasteiger partial charge in [-0.1, -0.05) is 17.7 Å². The van der Waals surface area contributed by atoms with Gasteiger partial charge in [-0.2, -0.15) is 0 Å². The molecule has 0 aromatic heterocycles. The fourth-order valence-electron chi connectivity index (χ4n) is 3.30. The Balaban J connectivity index is 1.51. The van der Waals surface area contributed by atoms with Gasteiger partial charge in [0, 0.05) is 24.5 Å². The van der Waals surface area contributed by atoms with E-state index in [1.54, 1.807) is 23.1 Å². The standard InChI is InChI=1S/C20H19ClN2O4/c21-14-4-5-15(16(11-14)23-7-1-2-19(23)24)20(25)22-12-13-3-6-17-18(10-13)27-9-8-26-17/h3-6,10-11H,1-2,7-9,12H2,(H,22,25). The van der Waals surface area contributed by atoms with Crippen molar-refractivity contribution < 1.29 is 19.1 Å². The van der Waals surface area contributed by atoms with Crippen LogP contribution in [0.15, 0.2) is 36.4 Å². The van der Waals surface area contributed by atoms with Crippen molar-refractivity contribution in [1.82, 2.24) is 5.32 Å². The van der Waals surface area contributed by atoms with E-state index < -0.39 is 0 Å². The third kappa shape index (κ3) is 3.71. The minimum Gasteiger partial charge on any atom is -0.486 e. The maximum Gasteiger partial charge on any atom is 0.253 e. The summed E-state index contributed by atoms with van der Waals surface area (Å²) in [6.45, 7) is 1.99. The van der Waals surface area contributed by atoms with Crippen molar-refractivity contribution in [1.29, 1.82) is 0 Å². The van der Waals surface area contributed by atoms with Gasteiger partial charge in [-0.15, -0.1) is 0 Å². The predicted molar refractivity (Wildman–Crippen MR) is 102 cm³/mol. The number of halogens is 1. The van der Waals surface area contributed by atoms with Gasteiger partial charge in [-0.25, -0.2) is 0 Å². The van der Waals surface area contributed by atoms with E-state index in [4.69, 9.17) is 21.1 Å². The van der Waals surface area contributed by atoms with E-state index in [1.807, 2.05) is 18.2 Å². The first-order valence-electron chi connectivity index (χ1n) is 8.88. The zero-order valence-electron chi connectivity index (χ0n) is 14.7. The lowest BCUT2D eigenvalue weighted by atomic mass is 10.1. The van der Waals surface area contributed by atoms with Crippen molar-refractivity contribution >= 4 is 29.1 Å². The van der Waals surface area contributed by atoms with Crippen LogP contribution in [0.1, 0.15) is 28.8 Å². The van der Waals surface area contributed by atoms with E-state index >= 15 is 0 Å². The van der Waals surface area contributed by atoms with E-state index in [9.17, 15) is 9.59 Å². The van der Waals surface area contributed by atoms with E-state index in [1.165, 1.54) is 0 Å². The molecule has 0 radical (unpaired) electrons. The van der Waals surface area contributed by atoms with Crippen LogP contribution in [0.5, 0.6) is 11.5 Å². The highest BCUT2D eigenvalue weighted by atomic mass is 35.5. The van der Waals surface area contributed by atoms with Crippen LogP contribution in [-0.2, 0) is 11.3 Å². The van der Waals surface area contributed by atoms with Crippen molar-refractivity contribution in [2.24, 2.45) is 0 Å². The lowest BCUT2D eigenvalue weighted by Gasteiger charge is -2.20. The van der Waals surface area contributed by atoms with Crippen molar-refractivity contribution in [3.63, 3.8) is 0 Å². The molecule has 1 saturated heterocycles. The van der Waals surface area contributed by atoms with Crippen LogP contribution >= 0.6 is 11.6 Å². The number of benzene rings is 2. The lowest BCUT2D eigenvalue weighted by Crippen LogP contribution is -2.29. The van der Waals surface area contributed by atoms with Crippen LogP contribution in [0.2, 0.25) is 5.02 Å². The van der Waals surface area contributed by atoms with Gasteiger partial charge in [-0.3, -0.25) is 9.59 Å². The van der Waals surface area contributed by atoms with Crippen LogP contribution < -0.4 is 19.7 Å². The number of hydrogen-bond acceptors (Lipinski definition) is 4. The molecule has 2 amide bonds. The largest absolute Gasteiger partial charge is 0.486 e. The van der Waals surface area contributed by atoms with Gasteiger partial charge < -0.3 is 19.7 Å². The summed E-state index contributed by atoms with van der Waals surface area (Å²) in [7, 11) is 0. The monoisotopic (exact) mass is 386 g/mol. The molecule has 2 heterocycles. The molecule has 7 heteroatoms. The summed E-state index contributed by atoms with van der Waals surface area (Å²) < 4.78 is 11.1. The number of carbonyl (C=O) groups is 2. The Morgan fingerprint density at radius 3 is 2.70 bits per heavy atom. The fourth-order valence-corrected chi connectivity index (χ4v) is 3.46. The minimum atomic E-state index is -0.253. The maximum absolute atomic E-state index is 12.8. The average Bonchev–Trinajstić information content (AvgIpc) is 3.11. The molecule has 0 aliphatic carbocycles. The normalized spacial score (nSPS) is 15.7. The molecule has 0 atom stereocenters. The van der Waals surface area contributed by atoms with Crippen LogP contribution in [0.4, 0.5) is 5.69 Å². The van der Waals surface area contributed by atoms with Crippen molar-refractivity contribution in [3.05, 3.63) is 52.5 Å². The first-order chi connectivity index (χ1) is 13.1. The van der Waals surface area contributed by atoms with Crippen LogP contribution in [0.25, 0.3) is 0 Å². The summed E-state index contributed by atoms with van der Waals surface area (Å²) >= 11 is 6.09. The average molecular weight is 387 g/mol. The highest BCUT2D eigenvalue weighted by Gasteiger charge is 2.26. The number of nitrogens with zero attached hydrogens (tertiary/aromatic N) is 1. The quantitative estimate of drug-likeness (QED) is 0.876. The molecule has 2 aliphatic rings. The SMILES string of the molecule is O=C(NCc1ccc2c(c1)OCCO2)c1ccc(Cl)cc1N1CCCC1=O. The molecule has 1 N–H and O–H groups in total. The van der Waals surface area contributed by atoms with Gasteiger partial charge in [0.05, 0.1) is 11.3 Å². The third-order valence-corrected chi connectivity index (χ3v) is 4.86. The number of nitrogens with one attached hydrogen (secondary N) is 1. The molecule has 0 unspecified atom stereocenters. The molecule has 4 rings (SSSR count). The Kier molecular flexibility index (Phi) is 4.90. The number of carbonyl (C=O) groups excluding carboxylic acids is 2. The number of ether oxygens (including phenoxy) is 2. The molecule has 6 nitrogen and oxygen atoms in total. The molecule has 0 saturated carbocycles. The zero-order valence-corrected chi connectivity index (χ0v) is 15.4. The smallest absolute Gasteiger partial charge is 0.253 e. The first-order valence-corrected chi connectivity index (χ1v) is 9.26. The number of fused-ring (bicyclic) bond motifs is 1. The summed E-state index contributed by atoms with van der Waals surface area (Å²) in [5.41, 5.74) is 1.90. The number of anilines is 1. The number of amides is 2. The second-order valence-electron chi connectivity index (χ2n) is 6.47. The summed E-state index contributed by atoms with van der Waals surface area (Å²) in [4.78, 5) is 26.5. The summed E-state index contributed by atoms with van der Waals surface area (Å²) in [5.74, 6) is 1.15. The fraction of sp³-hybridized carbons (Fsp3) is 0.300. The lowest BCUT2D eigenvalue weighted by molar-refractivity contribution is -0.117. The van der Waals surface area contributed by atoms with Crippen molar-refractivity contribution in [3.8, 4) is 11.5 Å². The molecule has 2 aromatic carbocycles. The Labute approximate surface area is 162 Å². The van der Waals surface area contributed by atoms with Crippen molar-refractivity contribution in [2.75, 3.05) is 24.7 Å². The molecule has 1 fully saturated rings. The second kappa shape index (κ2) is 7.48. The maximum atomic E-state index is 12.8. The highest BCUT2D eigenvalue weighted by Crippen LogP contribution is 2.31. The van der Waals surface area contributed by atoms with Crippen LogP contribution in [0, 0.1) is 0 Å². The number of hydrogen-bond donors (Lipinski definition) is 1. The van der Waals surface area contributed by atoms with Gasteiger partial charge in [0.2, 0.25) is 5.91 Å². The Hall–Kier alpha value is -2.73. The Morgan fingerprint density at radius 1 is 1.11 bits per heavy atom. The Morgan fingerprint density at radius 2 is 1.93 bits per heavy atom. The molecule has 140 valence electrons. The van der Waals surface area contributed by atoms with Gasteiger partial charge in [0.15, 0.2) is 11.5 Å². The van der Waals surface area contributed by atoms with E-state index in [2.05, 4.69) is 5.32 Å². The summed E-state index contributed by atoms with van der Waals surface area (Å²) in [5, 5.41) is 3.40. The molecule has 0 spiro atoms. The van der Waals surface area contributed by atoms with Crippen molar-refractivity contribution in [2.45, 2.75) is 19.4 Å². The van der Waals surface area contributed by atoms with Gasteiger partial charge >= 0.3 is 0 Å². The van der Waals surface area contributed by atoms with Gasteiger partial charge in [-0.05, 0) is 42.3 Å². The van der Waals surface area contributed by atoms with Gasteiger partial charge in [0.25, 0.3) is 5.91 Å². The van der Waals surface area contributed by atoms with Crippen LogP contribution in [-0.4, -0.2) is 31.6 Å². The third-order valence-electron chi connectivity index (χ3n) is 4.63. The molecule has 2 aromatic rings. The minimum absolute atomic E-state index is 0.0122. The number of rotatable bonds is 4. The van der Waals surface area contributed by atoms with E-state index in [-0.39, 0.29) is 11.8 Å². The second-order valence-corrected chi connectivity index (χ2v) is 6.91.